The summed E-state index contributed by atoms with van der Waals surface area (Å²) >= 11 is 3.35. The van der Waals surface area contributed by atoms with Crippen molar-refractivity contribution < 1.29 is 17.9 Å². The molecule has 0 aromatic heterocycles. The van der Waals surface area contributed by atoms with Gasteiger partial charge < -0.3 is 9.47 Å². The van der Waals surface area contributed by atoms with E-state index >= 15 is 0 Å². The van der Waals surface area contributed by atoms with Gasteiger partial charge in [0.15, 0.2) is 0 Å². The molecule has 1 unspecified atom stereocenters. The standard InChI is InChI=1S/C20H25BrN2O4S/c1-26-16-7-5-15(6-8-16)19(23-11-3-4-12-23)14-22-28(24,25)17-9-10-20(27-2)18(21)13-17/h5-10,13,19,22H,3-4,11-12,14H2,1-2H3. The fourth-order valence-electron chi connectivity index (χ4n) is 3.42. The van der Waals surface area contributed by atoms with Crippen LogP contribution in [0.15, 0.2) is 51.8 Å². The number of nitrogens with zero attached hydrogens (tertiary/aromatic N) is 1. The monoisotopic (exact) mass is 468 g/mol. The number of nitrogens with one attached hydrogen (secondary N) is 1. The normalized spacial score (nSPS) is 16.1. The lowest BCUT2D eigenvalue weighted by atomic mass is 10.1. The molecule has 2 aromatic rings. The Morgan fingerprint density at radius 2 is 1.75 bits per heavy atom. The van der Waals surface area contributed by atoms with Crippen molar-refractivity contribution in [3.8, 4) is 11.5 Å². The lowest BCUT2D eigenvalue weighted by molar-refractivity contribution is 0.246. The topological polar surface area (TPSA) is 67.9 Å². The average molecular weight is 469 g/mol. The number of hydrogen-bond acceptors (Lipinski definition) is 5. The lowest BCUT2D eigenvalue weighted by Crippen LogP contribution is -2.36. The van der Waals surface area contributed by atoms with E-state index in [1.54, 1.807) is 32.4 Å². The minimum absolute atomic E-state index is 0.0233. The molecular formula is C20H25BrN2O4S. The van der Waals surface area contributed by atoms with Gasteiger partial charge in [0, 0.05) is 12.6 Å². The number of halogens is 1. The van der Waals surface area contributed by atoms with Crippen LogP contribution in [-0.4, -0.2) is 47.2 Å². The Labute approximate surface area is 175 Å². The average Bonchev–Trinajstić information content (AvgIpc) is 3.23. The zero-order valence-corrected chi connectivity index (χ0v) is 18.4. The van der Waals surface area contributed by atoms with Crippen molar-refractivity contribution in [3.63, 3.8) is 0 Å². The van der Waals surface area contributed by atoms with E-state index in [1.807, 2.05) is 24.3 Å². The molecule has 8 heteroatoms. The quantitative estimate of drug-likeness (QED) is 0.640. The Morgan fingerprint density at radius 1 is 1.07 bits per heavy atom. The van der Waals surface area contributed by atoms with Gasteiger partial charge in [-0.15, -0.1) is 0 Å². The summed E-state index contributed by atoms with van der Waals surface area (Å²) in [5.41, 5.74) is 1.07. The zero-order chi connectivity index (χ0) is 20.1. The second kappa shape index (κ2) is 9.26. The Morgan fingerprint density at radius 3 is 2.32 bits per heavy atom. The number of benzene rings is 2. The lowest BCUT2D eigenvalue weighted by Gasteiger charge is -2.28. The van der Waals surface area contributed by atoms with Crippen LogP contribution in [0.25, 0.3) is 0 Å². The van der Waals surface area contributed by atoms with E-state index < -0.39 is 10.0 Å². The maximum absolute atomic E-state index is 12.8. The summed E-state index contributed by atoms with van der Waals surface area (Å²) in [7, 11) is -0.463. The number of hydrogen-bond donors (Lipinski definition) is 1. The first-order valence-electron chi connectivity index (χ1n) is 9.16. The summed E-state index contributed by atoms with van der Waals surface area (Å²) in [6.07, 6.45) is 2.26. The highest BCUT2D eigenvalue weighted by molar-refractivity contribution is 9.10. The predicted octanol–water partition coefficient (Wildman–Crippen LogP) is 3.58. The van der Waals surface area contributed by atoms with Crippen molar-refractivity contribution in [1.82, 2.24) is 9.62 Å². The number of likely N-dealkylation sites (tertiary alicyclic amines) is 1. The van der Waals surface area contributed by atoms with Crippen LogP contribution in [0.1, 0.15) is 24.4 Å². The maximum Gasteiger partial charge on any atom is 0.240 e. The zero-order valence-electron chi connectivity index (χ0n) is 16.0. The molecule has 1 N–H and O–H groups in total. The second-order valence-corrected chi connectivity index (χ2v) is 9.30. The highest BCUT2D eigenvalue weighted by atomic mass is 79.9. The molecule has 0 aliphatic carbocycles. The van der Waals surface area contributed by atoms with Gasteiger partial charge >= 0.3 is 0 Å². The first kappa shape index (κ1) is 21.1. The Kier molecular flexibility index (Phi) is 6.98. The fraction of sp³-hybridized carbons (Fsp3) is 0.400. The molecule has 0 bridgehead atoms. The van der Waals surface area contributed by atoms with E-state index in [-0.39, 0.29) is 10.9 Å². The number of ether oxygens (including phenoxy) is 2. The first-order chi connectivity index (χ1) is 13.4. The fourth-order valence-corrected chi connectivity index (χ4v) is 5.18. The minimum atomic E-state index is -3.64. The third kappa shape index (κ3) is 4.86. The third-order valence-corrected chi connectivity index (χ3v) is 7.02. The van der Waals surface area contributed by atoms with Crippen molar-refractivity contribution in [1.29, 1.82) is 0 Å². The summed E-state index contributed by atoms with van der Waals surface area (Å²) in [5.74, 6) is 1.37. The summed E-state index contributed by atoms with van der Waals surface area (Å²) in [6.45, 7) is 2.23. The van der Waals surface area contributed by atoms with Gasteiger partial charge in [0.05, 0.1) is 23.6 Å². The SMILES string of the molecule is COc1ccc(C(CNS(=O)(=O)c2ccc(OC)c(Br)c2)N2CCCC2)cc1. The maximum atomic E-state index is 12.8. The van der Waals surface area contributed by atoms with Crippen LogP contribution in [0.5, 0.6) is 11.5 Å². The molecule has 1 aliphatic rings. The van der Waals surface area contributed by atoms with Crippen LogP contribution in [0.4, 0.5) is 0 Å². The van der Waals surface area contributed by atoms with Crippen LogP contribution < -0.4 is 14.2 Å². The van der Waals surface area contributed by atoms with E-state index in [0.29, 0.717) is 16.8 Å². The molecule has 1 saturated heterocycles. The predicted molar refractivity (Wildman–Crippen MR) is 112 cm³/mol. The van der Waals surface area contributed by atoms with Crippen molar-refractivity contribution in [2.75, 3.05) is 33.9 Å². The summed E-state index contributed by atoms with van der Waals surface area (Å²) in [4.78, 5) is 2.53. The summed E-state index contributed by atoms with van der Waals surface area (Å²) in [5, 5.41) is 0. The van der Waals surface area contributed by atoms with Gasteiger partial charge in [0.25, 0.3) is 0 Å². The smallest absolute Gasteiger partial charge is 0.240 e. The highest BCUT2D eigenvalue weighted by Crippen LogP contribution is 2.29. The second-order valence-electron chi connectivity index (χ2n) is 6.68. The molecule has 152 valence electrons. The van der Waals surface area contributed by atoms with Gasteiger partial charge in [0.1, 0.15) is 11.5 Å². The number of rotatable bonds is 8. The molecule has 0 saturated carbocycles. The van der Waals surface area contributed by atoms with E-state index in [1.165, 1.54) is 0 Å². The van der Waals surface area contributed by atoms with Crippen LogP contribution in [0, 0.1) is 0 Å². The van der Waals surface area contributed by atoms with Gasteiger partial charge in [-0.1, -0.05) is 12.1 Å². The molecule has 0 radical (unpaired) electrons. The van der Waals surface area contributed by atoms with E-state index in [9.17, 15) is 8.42 Å². The third-order valence-electron chi connectivity index (χ3n) is 4.98. The van der Waals surface area contributed by atoms with Gasteiger partial charge in [-0.05, 0) is 77.8 Å². The molecule has 6 nitrogen and oxygen atoms in total. The summed E-state index contributed by atoms with van der Waals surface area (Å²) < 4.78 is 39.4. The molecule has 2 aromatic carbocycles. The molecule has 1 fully saturated rings. The van der Waals surface area contributed by atoms with E-state index in [0.717, 1.165) is 37.2 Å². The van der Waals surface area contributed by atoms with E-state index in [4.69, 9.17) is 9.47 Å². The van der Waals surface area contributed by atoms with Gasteiger partial charge in [0.2, 0.25) is 10.0 Å². The van der Waals surface area contributed by atoms with Crippen molar-refractivity contribution in [3.05, 3.63) is 52.5 Å². The molecule has 1 atom stereocenters. The largest absolute Gasteiger partial charge is 0.497 e. The molecular weight excluding hydrogens is 444 g/mol. The van der Waals surface area contributed by atoms with Gasteiger partial charge in [-0.25, -0.2) is 13.1 Å². The molecule has 0 spiro atoms. The van der Waals surface area contributed by atoms with Crippen LogP contribution in [0.2, 0.25) is 0 Å². The Hall–Kier alpha value is -1.61. The van der Waals surface area contributed by atoms with Crippen LogP contribution in [0.3, 0.4) is 0 Å². The van der Waals surface area contributed by atoms with Crippen molar-refractivity contribution in [2.24, 2.45) is 0 Å². The number of methoxy groups -OCH3 is 2. The van der Waals surface area contributed by atoms with Gasteiger partial charge in [-0.2, -0.15) is 0 Å². The van der Waals surface area contributed by atoms with Gasteiger partial charge in [-0.3, -0.25) is 4.90 Å². The summed E-state index contributed by atoms with van der Waals surface area (Å²) in [6, 6.07) is 12.5. The highest BCUT2D eigenvalue weighted by Gasteiger charge is 2.26. The molecule has 28 heavy (non-hydrogen) atoms. The molecule has 3 rings (SSSR count). The van der Waals surface area contributed by atoms with Crippen molar-refractivity contribution in [2.45, 2.75) is 23.8 Å². The molecule has 1 aliphatic heterocycles. The molecule has 1 heterocycles. The molecule has 0 amide bonds. The minimum Gasteiger partial charge on any atom is -0.497 e. The Bertz CT molecular complexity index is 897. The van der Waals surface area contributed by atoms with Crippen molar-refractivity contribution >= 4 is 26.0 Å². The Balaban J connectivity index is 1.79. The number of sulfonamides is 1. The van der Waals surface area contributed by atoms with Crippen LogP contribution in [-0.2, 0) is 10.0 Å². The first-order valence-corrected chi connectivity index (χ1v) is 11.4. The van der Waals surface area contributed by atoms with Crippen LogP contribution >= 0.6 is 15.9 Å². The van der Waals surface area contributed by atoms with E-state index in [2.05, 4.69) is 25.6 Å².